The van der Waals surface area contributed by atoms with E-state index in [1.165, 1.54) is 0 Å². The van der Waals surface area contributed by atoms with E-state index >= 15 is 0 Å². The van der Waals surface area contributed by atoms with Crippen LogP contribution in [0.15, 0.2) is 18.3 Å². The van der Waals surface area contributed by atoms with Crippen molar-refractivity contribution < 1.29 is 9.53 Å². The number of hydrogen-bond donors (Lipinski definition) is 1. The fraction of sp³-hybridized carbons (Fsp3) is 0.600. The first-order valence-electron chi connectivity index (χ1n) is 6.86. The molecule has 0 aliphatic carbocycles. The molecule has 1 heterocycles. The molecule has 0 saturated carbocycles. The Bertz CT molecular complexity index is 427. The summed E-state index contributed by atoms with van der Waals surface area (Å²) in [5, 5.41) is 3.30. The molecular weight excluding hydrogens is 254 g/mol. The molecule has 0 radical (unpaired) electrons. The molecule has 5 nitrogen and oxygen atoms in total. The van der Waals surface area contributed by atoms with Crippen LogP contribution in [0.4, 0.5) is 5.82 Å². The SMILES string of the molecule is CCOC(=O)c1ccc(NCC(C)(C)CN(C)C)nc1. The van der Waals surface area contributed by atoms with E-state index in [2.05, 4.69) is 43.1 Å². The maximum atomic E-state index is 11.5. The van der Waals surface area contributed by atoms with Crippen molar-refractivity contribution in [3.63, 3.8) is 0 Å². The predicted octanol–water partition coefficient (Wildman–Crippen LogP) is 2.26. The van der Waals surface area contributed by atoms with E-state index in [1.54, 1.807) is 25.3 Å². The number of ether oxygens (including phenoxy) is 1. The third-order valence-electron chi connectivity index (χ3n) is 2.77. The topological polar surface area (TPSA) is 54.5 Å². The van der Waals surface area contributed by atoms with Crippen molar-refractivity contribution in [1.29, 1.82) is 0 Å². The second-order valence-corrected chi connectivity index (χ2v) is 5.91. The van der Waals surface area contributed by atoms with Crippen LogP contribution in [0.2, 0.25) is 0 Å². The van der Waals surface area contributed by atoms with Crippen LogP contribution in [-0.2, 0) is 4.74 Å². The minimum atomic E-state index is -0.334. The van der Waals surface area contributed by atoms with Crippen molar-refractivity contribution in [3.05, 3.63) is 23.9 Å². The van der Waals surface area contributed by atoms with Gasteiger partial charge in [-0.05, 0) is 38.6 Å². The average molecular weight is 279 g/mol. The Kier molecular flexibility index (Phi) is 5.95. The molecule has 0 unspecified atom stereocenters. The lowest BCUT2D eigenvalue weighted by Gasteiger charge is -2.28. The molecule has 0 aromatic carbocycles. The van der Waals surface area contributed by atoms with Gasteiger partial charge in [-0.3, -0.25) is 0 Å². The summed E-state index contributed by atoms with van der Waals surface area (Å²) in [6.45, 7) is 8.36. The lowest BCUT2D eigenvalue weighted by atomic mass is 9.93. The van der Waals surface area contributed by atoms with E-state index in [-0.39, 0.29) is 11.4 Å². The summed E-state index contributed by atoms with van der Waals surface area (Å²) in [7, 11) is 4.13. The van der Waals surface area contributed by atoms with Gasteiger partial charge in [-0.2, -0.15) is 0 Å². The monoisotopic (exact) mass is 279 g/mol. The number of pyridine rings is 1. The highest BCUT2D eigenvalue weighted by Gasteiger charge is 2.18. The fourth-order valence-corrected chi connectivity index (χ4v) is 2.08. The maximum Gasteiger partial charge on any atom is 0.339 e. The van der Waals surface area contributed by atoms with Gasteiger partial charge in [0.05, 0.1) is 12.2 Å². The normalized spacial score (nSPS) is 11.5. The van der Waals surface area contributed by atoms with Crippen LogP contribution in [0.3, 0.4) is 0 Å². The number of esters is 1. The van der Waals surface area contributed by atoms with Crippen LogP contribution in [0.25, 0.3) is 0 Å². The van der Waals surface area contributed by atoms with Gasteiger partial charge in [0.2, 0.25) is 0 Å². The maximum absolute atomic E-state index is 11.5. The Balaban J connectivity index is 2.55. The Morgan fingerprint density at radius 3 is 2.60 bits per heavy atom. The molecule has 0 fully saturated rings. The molecule has 1 rings (SSSR count). The van der Waals surface area contributed by atoms with E-state index < -0.39 is 0 Å². The van der Waals surface area contributed by atoms with Crippen molar-refractivity contribution in [3.8, 4) is 0 Å². The molecule has 1 aromatic heterocycles. The van der Waals surface area contributed by atoms with E-state index in [0.29, 0.717) is 12.2 Å². The molecule has 0 amide bonds. The minimum Gasteiger partial charge on any atom is -0.462 e. The van der Waals surface area contributed by atoms with E-state index in [0.717, 1.165) is 18.9 Å². The van der Waals surface area contributed by atoms with Crippen molar-refractivity contribution in [2.45, 2.75) is 20.8 Å². The molecule has 0 aliphatic rings. The number of rotatable bonds is 7. The Morgan fingerprint density at radius 1 is 1.40 bits per heavy atom. The zero-order chi connectivity index (χ0) is 15.2. The molecule has 112 valence electrons. The fourth-order valence-electron chi connectivity index (χ4n) is 2.08. The van der Waals surface area contributed by atoms with E-state index in [9.17, 15) is 4.79 Å². The molecule has 0 spiro atoms. The van der Waals surface area contributed by atoms with Crippen molar-refractivity contribution in [2.24, 2.45) is 5.41 Å². The second-order valence-electron chi connectivity index (χ2n) is 5.91. The number of anilines is 1. The number of aromatic nitrogens is 1. The largest absolute Gasteiger partial charge is 0.462 e. The minimum absolute atomic E-state index is 0.144. The van der Waals surface area contributed by atoms with Gasteiger partial charge < -0.3 is 15.0 Å². The highest BCUT2D eigenvalue weighted by molar-refractivity contribution is 5.89. The Hall–Kier alpha value is -1.62. The van der Waals surface area contributed by atoms with Gasteiger partial charge >= 0.3 is 5.97 Å². The molecule has 1 N–H and O–H groups in total. The summed E-state index contributed by atoms with van der Waals surface area (Å²) in [6, 6.07) is 3.53. The quantitative estimate of drug-likeness (QED) is 0.776. The molecule has 0 saturated heterocycles. The first-order valence-corrected chi connectivity index (χ1v) is 6.86. The van der Waals surface area contributed by atoms with Crippen molar-refractivity contribution >= 4 is 11.8 Å². The average Bonchev–Trinajstić information content (AvgIpc) is 2.36. The lowest BCUT2D eigenvalue weighted by molar-refractivity contribution is 0.0526. The second kappa shape index (κ2) is 7.24. The van der Waals surface area contributed by atoms with E-state index in [4.69, 9.17) is 4.74 Å². The van der Waals surface area contributed by atoms with Crippen LogP contribution >= 0.6 is 0 Å². The van der Waals surface area contributed by atoms with Crippen molar-refractivity contribution in [2.75, 3.05) is 39.1 Å². The molecule has 0 aliphatic heterocycles. The van der Waals surface area contributed by atoms with Crippen LogP contribution in [0, 0.1) is 5.41 Å². The molecule has 0 bridgehead atoms. The number of hydrogen-bond acceptors (Lipinski definition) is 5. The first kappa shape index (κ1) is 16.4. The zero-order valence-corrected chi connectivity index (χ0v) is 13.1. The molecular formula is C15H25N3O2. The van der Waals surface area contributed by atoms with Crippen LogP contribution in [-0.4, -0.2) is 49.6 Å². The summed E-state index contributed by atoms with van der Waals surface area (Å²) in [4.78, 5) is 17.9. The Morgan fingerprint density at radius 2 is 2.10 bits per heavy atom. The van der Waals surface area contributed by atoms with Crippen molar-refractivity contribution in [1.82, 2.24) is 9.88 Å². The lowest BCUT2D eigenvalue weighted by Crippen LogP contribution is -2.34. The third kappa shape index (κ3) is 5.57. The Labute approximate surface area is 121 Å². The van der Waals surface area contributed by atoms with Gasteiger partial charge in [-0.15, -0.1) is 0 Å². The van der Waals surface area contributed by atoms with Gasteiger partial charge in [0.15, 0.2) is 0 Å². The predicted molar refractivity (Wildman–Crippen MR) is 81.0 cm³/mol. The number of carbonyl (C=O) groups excluding carboxylic acids is 1. The summed E-state index contributed by atoms with van der Waals surface area (Å²) < 4.78 is 4.92. The van der Waals surface area contributed by atoms with Crippen LogP contribution in [0.5, 0.6) is 0 Å². The van der Waals surface area contributed by atoms with Gasteiger partial charge in [0, 0.05) is 19.3 Å². The number of carbonyl (C=O) groups is 1. The summed E-state index contributed by atoms with van der Waals surface area (Å²) in [5.74, 6) is 0.435. The summed E-state index contributed by atoms with van der Waals surface area (Å²) in [5.41, 5.74) is 0.621. The number of nitrogens with one attached hydrogen (secondary N) is 1. The third-order valence-corrected chi connectivity index (χ3v) is 2.77. The molecule has 20 heavy (non-hydrogen) atoms. The highest BCUT2D eigenvalue weighted by atomic mass is 16.5. The molecule has 0 atom stereocenters. The molecule has 5 heteroatoms. The highest BCUT2D eigenvalue weighted by Crippen LogP contribution is 2.17. The van der Waals surface area contributed by atoms with Gasteiger partial charge in [-0.1, -0.05) is 13.8 Å². The standard InChI is InChI=1S/C15H25N3O2/c1-6-20-14(19)12-7-8-13(16-9-12)17-10-15(2,3)11-18(4)5/h7-9H,6,10-11H2,1-5H3,(H,16,17). The van der Waals surface area contributed by atoms with E-state index in [1.807, 2.05) is 0 Å². The van der Waals surface area contributed by atoms with Gasteiger partial charge in [0.25, 0.3) is 0 Å². The number of nitrogens with zero attached hydrogens (tertiary/aromatic N) is 2. The summed E-state index contributed by atoms with van der Waals surface area (Å²) in [6.07, 6.45) is 1.54. The first-order chi connectivity index (χ1) is 9.34. The van der Waals surface area contributed by atoms with Gasteiger partial charge in [-0.25, -0.2) is 9.78 Å². The van der Waals surface area contributed by atoms with Crippen LogP contribution < -0.4 is 5.32 Å². The smallest absolute Gasteiger partial charge is 0.339 e. The zero-order valence-electron chi connectivity index (χ0n) is 13.1. The molecule has 1 aromatic rings. The summed E-state index contributed by atoms with van der Waals surface area (Å²) >= 11 is 0. The van der Waals surface area contributed by atoms with Crippen LogP contribution in [0.1, 0.15) is 31.1 Å². The van der Waals surface area contributed by atoms with Gasteiger partial charge in [0.1, 0.15) is 5.82 Å².